The molecular weight excluding hydrogens is 310 g/mol. The first kappa shape index (κ1) is 17.0. The average Bonchev–Trinajstić information content (AvgIpc) is 2.97. The molecule has 1 atom stereocenters. The minimum Gasteiger partial charge on any atom is -0.331 e. The number of para-hydroxylation sites is 1. The van der Waals surface area contributed by atoms with Gasteiger partial charge in [-0.05, 0) is 37.1 Å². The summed E-state index contributed by atoms with van der Waals surface area (Å²) in [6.45, 7) is 10.6. The number of hydrogen-bond donors (Lipinski definition) is 0. The van der Waals surface area contributed by atoms with E-state index in [1.54, 1.807) is 23.2 Å². The van der Waals surface area contributed by atoms with Gasteiger partial charge in [-0.25, -0.2) is 4.98 Å². The van der Waals surface area contributed by atoms with Crippen LogP contribution in [-0.2, 0) is 6.42 Å². The van der Waals surface area contributed by atoms with Crippen LogP contribution in [0, 0.1) is 0 Å². The molecule has 25 heavy (non-hydrogen) atoms. The van der Waals surface area contributed by atoms with Gasteiger partial charge in [-0.3, -0.25) is 4.79 Å². The van der Waals surface area contributed by atoms with Crippen molar-refractivity contribution < 1.29 is 4.79 Å². The summed E-state index contributed by atoms with van der Waals surface area (Å²) in [5.74, 6) is 0.807. The smallest absolute Gasteiger partial charge is 0.255 e. The van der Waals surface area contributed by atoms with Crippen LogP contribution < -0.4 is 4.90 Å². The summed E-state index contributed by atoms with van der Waals surface area (Å²) in [6, 6.07) is 12.5. The number of hydrogen-bond acceptors (Lipinski definition) is 3. The number of anilines is 2. The molecule has 2 aromatic rings. The number of pyridine rings is 1. The van der Waals surface area contributed by atoms with Crippen LogP contribution >= 0.6 is 0 Å². The predicted molar refractivity (Wildman–Crippen MR) is 102 cm³/mol. The van der Waals surface area contributed by atoms with Gasteiger partial charge in [0.2, 0.25) is 0 Å². The van der Waals surface area contributed by atoms with Gasteiger partial charge in [0, 0.05) is 31.0 Å². The summed E-state index contributed by atoms with van der Waals surface area (Å²) in [5.41, 5.74) is 3.11. The van der Waals surface area contributed by atoms with E-state index in [2.05, 4.69) is 48.2 Å². The van der Waals surface area contributed by atoms with Crippen molar-refractivity contribution in [2.24, 2.45) is 0 Å². The van der Waals surface area contributed by atoms with Crippen molar-refractivity contribution in [3.05, 3.63) is 79.0 Å². The van der Waals surface area contributed by atoms with E-state index in [0.29, 0.717) is 24.7 Å². The zero-order valence-electron chi connectivity index (χ0n) is 14.6. The van der Waals surface area contributed by atoms with Gasteiger partial charge in [0.05, 0.1) is 5.56 Å². The first-order valence-corrected chi connectivity index (χ1v) is 8.50. The number of benzene rings is 1. The maximum Gasteiger partial charge on any atom is 0.255 e. The van der Waals surface area contributed by atoms with Crippen molar-refractivity contribution in [1.29, 1.82) is 0 Å². The molecule has 0 fully saturated rings. The molecule has 0 saturated heterocycles. The van der Waals surface area contributed by atoms with E-state index in [1.807, 2.05) is 18.2 Å². The third kappa shape index (κ3) is 3.33. The van der Waals surface area contributed by atoms with E-state index in [1.165, 1.54) is 11.3 Å². The number of carbonyl (C=O) groups is 1. The summed E-state index contributed by atoms with van der Waals surface area (Å²) in [7, 11) is 0. The first-order valence-electron chi connectivity index (χ1n) is 8.50. The van der Waals surface area contributed by atoms with Crippen molar-refractivity contribution in [2.45, 2.75) is 19.4 Å². The lowest BCUT2D eigenvalue weighted by Gasteiger charge is -2.24. The van der Waals surface area contributed by atoms with Gasteiger partial charge < -0.3 is 9.80 Å². The number of rotatable bonds is 6. The third-order valence-corrected chi connectivity index (χ3v) is 4.44. The topological polar surface area (TPSA) is 36.4 Å². The summed E-state index contributed by atoms with van der Waals surface area (Å²) < 4.78 is 0. The van der Waals surface area contributed by atoms with Crippen molar-refractivity contribution in [2.75, 3.05) is 18.0 Å². The molecular formula is C21H23N3O. The fraction of sp³-hybridized carbons (Fsp3) is 0.238. The van der Waals surface area contributed by atoms with Gasteiger partial charge in [-0.2, -0.15) is 0 Å². The maximum absolute atomic E-state index is 12.6. The quantitative estimate of drug-likeness (QED) is 0.750. The molecule has 1 aliphatic heterocycles. The molecule has 3 rings (SSSR count). The Labute approximate surface area is 149 Å². The number of amides is 1. The molecule has 0 saturated carbocycles. The van der Waals surface area contributed by atoms with Crippen LogP contribution in [0.25, 0.3) is 0 Å². The molecule has 128 valence electrons. The van der Waals surface area contributed by atoms with E-state index in [9.17, 15) is 4.79 Å². The zero-order chi connectivity index (χ0) is 17.8. The van der Waals surface area contributed by atoms with Crippen LogP contribution in [0.2, 0.25) is 0 Å². The lowest BCUT2D eigenvalue weighted by atomic mass is 10.1. The highest BCUT2D eigenvalue weighted by Gasteiger charge is 2.27. The van der Waals surface area contributed by atoms with Gasteiger partial charge >= 0.3 is 0 Å². The van der Waals surface area contributed by atoms with Gasteiger partial charge in [0.15, 0.2) is 0 Å². The van der Waals surface area contributed by atoms with Crippen LogP contribution in [-0.4, -0.2) is 34.9 Å². The second-order valence-corrected chi connectivity index (χ2v) is 6.24. The monoisotopic (exact) mass is 333 g/mol. The highest BCUT2D eigenvalue weighted by atomic mass is 16.2. The fourth-order valence-corrected chi connectivity index (χ4v) is 3.30. The average molecular weight is 333 g/mol. The zero-order valence-corrected chi connectivity index (χ0v) is 14.6. The van der Waals surface area contributed by atoms with Crippen LogP contribution in [0.1, 0.15) is 22.8 Å². The van der Waals surface area contributed by atoms with Crippen LogP contribution in [0.5, 0.6) is 0 Å². The summed E-state index contributed by atoms with van der Waals surface area (Å²) in [4.78, 5) is 21.1. The molecule has 1 amide bonds. The molecule has 4 heteroatoms. The second kappa shape index (κ2) is 7.34. The van der Waals surface area contributed by atoms with E-state index >= 15 is 0 Å². The molecule has 1 aromatic heterocycles. The first-order chi connectivity index (χ1) is 12.2. The molecule has 0 N–H and O–H groups in total. The SMILES string of the molecule is C=CCN(CC=C)C(=O)c1ccc(N2c3ccccc3CC2C)nc1. The standard InChI is InChI=1S/C21H23N3O/c1-4-12-23(13-5-2)21(25)18-10-11-20(22-15-18)24-16(3)14-17-8-6-7-9-19(17)24/h4-11,15-16H,1-2,12-14H2,3H3. The largest absolute Gasteiger partial charge is 0.331 e. The highest BCUT2D eigenvalue weighted by Crippen LogP contribution is 2.36. The lowest BCUT2D eigenvalue weighted by molar-refractivity contribution is 0.0790. The Morgan fingerprint density at radius 1 is 1.24 bits per heavy atom. The Bertz CT molecular complexity index is 772. The highest BCUT2D eigenvalue weighted by molar-refractivity contribution is 5.94. The van der Waals surface area contributed by atoms with Crippen molar-refractivity contribution in [3.63, 3.8) is 0 Å². The third-order valence-electron chi connectivity index (χ3n) is 4.44. The van der Waals surface area contributed by atoms with Crippen molar-refractivity contribution in [3.8, 4) is 0 Å². The van der Waals surface area contributed by atoms with Gasteiger partial charge in [-0.1, -0.05) is 30.4 Å². The van der Waals surface area contributed by atoms with Crippen LogP contribution in [0.15, 0.2) is 67.9 Å². The van der Waals surface area contributed by atoms with E-state index in [0.717, 1.165) is 12.2 Å². The molecule has 0 bridgehead atoms. The molecule has 1 aliphatic rings. The van der Waals surface area contributed by atoms with Gasteiger partial charge in [0.25, 0.3) is 5.91 Å². The van der Waals surface area contributed by atoms with E-state index < -0.39 is 0 Å². The second-order valence-electron chi connectivity index (χ2n) is 6.24. The predicted octanol–water partition coefficient (Wildman–Crippen LogP) is 3.98. The fourth-order valence-electron chi connectivity index (χ4n) is 3.30. The lowest BCUT2D eigenvalue weighted by Crippen LogP contribution is -2.31. The molecule has 0 aliphatic carbocycles. The number of fused-ring (bicyclic) bond motifs is 1. The molecule has 1 aromatic carbocycles. The number of aromatic nitrogens is 1. The number of carbonyl (C=O) groups excluding carboxylic acids is 1. The van der Waals surface area contributed by atoms with E-state index in [4.69, 9.17) is 0 Å². The Kier molecular flexibility index (Phi) is 4.98. The summed E-state index contributed by atoms with van der Waals surface area (Å²) in [5, 5.41) is 0. The molecule has 1 unspecified atom stereocenters. The van der Waals surface area contributed by atoms with Crippen LogP contribution in [0.3, 0.4) is 0 Å². The normalized spacial score (nSPS) is 15.6. The Morgan fingerprint density at radius 2 is 1.96 bits per heavy atom. The summed E-state index contributed by atoms with van der Waals surface area (Å²) >= 11 is 0. The molecule has 0 spiro atoms. The van der Waals surface area contributed by atoms with E-state index in [-0.39, 0.29) is 5.91 Å². The van der Waals surface area contributed by atoms with Crippen molar-refractivity contribution in [1.82, 2.24) is 9.88 Å². The molecule has 4 nitrogen and oxygen atoms in total. The Hall–Kier alpha value is -2.88. The summed E-state index contributed by atoms with van der Waals surface area (Å²) in [6.07, 6.45) is 6.09. The molecule has 0 radical (unpaired) electrons. The minimum absolute atomic E-state index is 0.0614. The number of nitrogens with zero attached hydrogens (tertiary/aromatic N) is 3. The minimum atomic E-state index is -0.0614. The maximum atomic E-state index is 12.6. The van der Waals surface area contributed by atoms with Gasteiger partial charge in [0.1, 0.15) is 5.82 Å². The van der Waals surface area contributed by atoms with Crippen LogP contribution in [0.4, 0.5) is 11.5 Å². The molecule has 2 heterocycles. The van der Waals surface area contributed by atoms with Crippen molar-refractivity contribution >= 4 is 17.4 Å². The van der Waals surface area contributed by atoms with Gasteiger partial charge in [-0.15, -0.1) is 13.2 Å². The Balaban J connectivity index is 1.84. The Morgan fingerprint density at radius 3 is 2.60 bits per heavy atom.